The largest absolute Gasteiger partial charge is 0.340 e. The summed E-state index contributed by atoms with van der Waals surface area (Å²) in [6, 6.07) is 26.6. The van der Waals surface area contributed by atoms with Gasteiger partial charge in [-0.1, -0.05) is 84.1 Å². The highest BCUT2D eigenvalue weighted by Gasteiger charge is 2.32. The number of allylic oxidation sites excluding steroid dienone is 2. The monoisotopic (exact) mass is 544 g/mol. The number of hydrogen-bond donors (Lipinski definition) is 1. The van der Waals surface area contributed by atoms with Gasteiger partial charge in [-0.15, -0.1) is 6.58 Å². The molecule has 0 saturated heterocycles. The molecule has 1 aliphatic heterocycles. The Morgan fingerprint density at radius 1 is 1.00 bits per heavy atom. The van der Waals surface area contributed by atoms with Crippen molar-refractivity contribution in [1.29, 1.82) is 0 Å². The van der Waals surface area contributed by atoms with Gasteiger partial charge in [0.15, 0.2) is 4.80 Å². The lowest BCUT2D eigenvalue weighted by Crippen LogP contribution is -2.40. The number of fused-ring (bicyclic) bond motifs is 2. The summed E-state index contributed by atoms with van der Waals surface area (Å²) in [6.45, 7) is 8.49. The van der Waals surface area contributed by atoms with Crippen molar-refractivity contribution in [3.63, 3.8) is 0 Å². The summed E-state index contributed by atoms with van der Waals surface area (Å²) in [5.41, 5.74) is 5.56. The number of hydrogen-bond acceptors (Lipinski definition) is 4. The number of nitrogens with one attached hydrogen (secondary N) is 1. The van der Waals surface area contributed by atoms with Gasteiger partial charge >= 0.3 is 0 Å². The molecule has 1 amide bonds. The minimum Gasteiger partial charge on any atom is -0.340 e. The summed E-state index contributed by atoms with van der Waals surface area (Å²) in [5.74, 6) is -0.279. The zero-order valence-corrected chi connectivity index (χ0v) is 23.1. The molecule has 0 spiro atoms. The number of benzene rings is 3. The van der Waals surface area contributed by atoms with Gasteiger partial charge < -0.3 is 9.88 Å². The third kappa shape index (κ3) is 4.34. The van der Waals surface area contributed by atoms with Crippen molar-refractivity contribution in [3.8, 4) is 0 Å². The van der Waals surface area contributed by atoms with Crippen molar-refractivity contribution >= 4 is 39.9 Å². The van der Waals surface area contributed by atoms with Crippen LogP contribution in [0.1, 0.15) is 29.8 Å². The molecule has 198 valence electrons. The second-order valence-electron chi connectivity index (χ2n) is 9.73. The Bertz CT molecular complexity index is 1980. The number of anilines is 1. The maximum Gasteiger partial charge on any atom is 0.271 e. The molecule has 0 unspecified atom stereocenters. The van der Waals surface area contributed by atoms with Gasteiger partial charge in [0.2, 0.25) is 0 Å². The van der Waals surface area contributed by atoms with Gasteiger partial charge in [0.05, 0.1) is 21.8 Å². The second-order valence-corrected chi connectivity index (χ2v) is 10.7. The van der Waals surface area contributed by atoms with E-state index in [-0.39, 0.29) is 11.5 Å². The lowest BCUT2D eigenvalue weighted by molar-refractivity contribution is -0.113. The van der Waals surface area contributed by atoms with Crippen LogP contribution in [0.25, 0.3) is 17.0 Å². The second kappa shape index (κ2) is 10.4. The molecule has 3 heterocycles. The van der Waals surface area contributed by atoms with Gasteiger partial charge in [-0.2, -0.15) is 0 Å². The van der Waals surface area contributed by atoms with E-state index in [0.29, 0.717) is 32.8 Å². The van der Waals surface area contributed by atoms with Crippen molar-refractivity contribution in [1.82, 2.24) is 9.13 Å². The maximum atomic E-state index is 14.1. The third-order valence-electron chi connectivity index (χ3n) is 7.28. The van der Waals surface area contributed by atoms with Crippen LogP contribution in [-0.2, 0) is 11.3 Å². The van der Waals surface area contributed by atoms with Crippen LogP contribution in [0.15, 0.2) is 119 Å². The highest BCUT2D eigenvalue weighted by molar-refractivity contribution is 7.07. The van der Waals surface area contributed by atoms with Crippen LogP contribution in [0.5, 0.6) is 0 Å². The number of aromatic nitrogens is 2. The molecule has 1 N–H and O–H groups in total. The zero-order chi connectivity index (χ0) is 27.8. The Labute approximate surface area is 235 Å². The van der Waals surface area contributed by atoms with Crippen LogP contribution in [0.3, 0.4) is 0 Å². The van der Waals surface area contributed by atoms with Gasteiger partial charge in [0.1, 0.15) is 0 Å². The molecule has 0 radical (unpaired) electrons. The molecule has 6 rings (SSSR count). The number of rotatable bonds is 6. The van der Waals surface area contributed by atoms with Gasteiger partial charge in [-0.05, 0) is 43.7 Å². The lowest BCUT2D eigenvalue weighted by atomic mass is 9.95. The fraction of sp³-hybridized carbons (Fsp3) is 0.121. The predicted molar refractivity (Wildman–Crippen MR) is 162 cm³/mol. The van der Waals surface area contributed by atoms with Crippen LogP contribution >= 0.6 is 11.3 Å². The Balaban J connectivity index is 1.54. The molecule has 5 aromatic rings. The van der Waals surface area contributed by atoms with Crippen molar-refractivity contribution in [2.75, 3.05) is 5.32 Å². The van der Waals surface area contributed by atoms with Crippen LogP contribution in [0.4, 0.5) is 5.69 Å². The normalized spacial score (nSPS) is 15.2. The van der Waals surface area contributed by atoms with Crippen LogP contribution < -0.4 is 20.2 Å². The van der Waals surface area contributed by atoms with Gasteiger partial charge in [0, 0.05) is 34.4 Å². The Morgan fingerprint density at radius 3 is 2.40 bits per heavy atom. The Morgan fingerprint density at radius 2 is 1.68 bits per heavy atom. The zero-order valence-electron chi connectivity index (χ0n) is 22.3. The highest BCUT2D eigenvalue weighted by atomic mass is 32.1. The summed E-state index contributed by atoms with van der Waals surface area (Å²) in [7, 11) is 0. The van der Waals surface area contributed by atoms with E-state index in [2.05, 4.69) is 35.5 Å². The SMILES string of the molecule is C=CCn1c(C)c(/C=c2\sc3n(c2=O)[C@H](c2ccccc2)C(C(=O)Nc2ccccc2)=C(C)N=3)c2ccccc21. The first-order valence-electron chi connectivity index (χ1n) is 13.1. The minimum atomic E-state index is -0.605. The molecule has 0 aliphatic carbocycles. The molecule has 3 aromatic carbocycles. The molecule has 40 heavy (non-hydrogen) atoms. The summed E-state index contributed by atoms with van der Waals surface area (Å²) in [4.78, 5) is 33.1. The fourth-order valence-corrected chi connectivity index (χ4v) is 6.45. The third-order valence-corrected chi connectivity index (χ3v) is 8.26. The molecule has 0 fully saturated rings. The summed E-state index contributed by atoms with van der Waals surface area (Å²) in [5, 5.41) is 4.07. The number of thiazole rings is 1. The van der Waals surface area contributed by atoms with E-state index in [0.717, 1.165) is 27.7 Å². The van der Waals surface area contributed by atoms with Crippen molar-refractivity contribution < 1.29 is 4.79 Å². The number of amides is 1. The Kier molecular flexibility index (Phi) is 6.66. The van der Waals surface area contributed by atoms with Crippen molar-refractivity contribution in [2.45, 2.75) is 26.4 Å². The van der Waals surface area contributed by atoms with Crippen molar-refractivity contribution in [2.24, 2.45) is 4.99 Å². The maximum absolute atomic E-state index is 14.1. The molecule has 0 saturated carbocycles. The van der Waals surface area contributed by atoms with E-state index in [1.165, 1.54) is 11.3 Å². The summed E-state index contributed by atoms with van der Waals surface area (Å²) in [6.07, 6.45) is 3.84. The van der Waals surface area contributed by atoms with E-state index in [4.69, 9.17) is 4.99 Å². The highest BCUT2D eigenvalue weighted by Crippen LogP contribution is 2.31. The van der Waals surface area contributed by atoms with Gasteiger partial charge in [0.25, 0.3) is 11.5 Å². The quantitative estimate of drug-likeness (QED) is 0.294. The Hall–Kier alpha value is -4.75. The molecular formula is C33H28N4O2S. The average Bonchev–Trinajstić information content (AvgIpc) is 3.42. The summed E-state index contributed by atoms with van der Waals surface area (Å²) >= 11 is 1.35. The van der Waals surface area contributed by atoms with Crippen LogP contribution in [0, 0.1) is 6.92 Å². The molecule has 7 heteroatoms. The molecule has 0 bridgehead atoms. The van der Waals surface area contributed by atoms with Crippen LogP contribution in [-0.4, -0.2) is 15.0 Å². The number of nitrogens with zero attached hydrogens (tertiary/aromatic N) is 3. The van der Waals surface area contributed by atoms with Crippen molar-refractivity contribution in [3.05, 3.63) is 145 Å². The fourth-order valence-electron chi connectivity index (χ4n) is 5.42. The van der Waals surface area contributed by atoms with E-state index in [1.807, 2.05) is 91.9 Å². The first-order chi connectivity index (χ1) is 19.5. The lowest BCUT2D eigenvalue weighted by Gasteiger charge is -2.25. The predicted octanol–water partition coefficient (Wildman–Crippen LogP) is 5.32. The molecule has 6 nitrogen and oxygen atoms in total. The van der Waals surface area contributed by atoms with E-state index >= 15 is 0 Å². The summed E-state index contributed by atoms with van der Waals surface area (Å²) < 4.78 is 4.44. The first-order valence-corrected chi connectivity index (χ1v) is 13.9. The first kappa shape index (κ1) is 25.5. The molecule has 1 aliphatic rings. The molecular weight excluding hydrogens is 516 g/mol. The van der Waals surface area contributed by atoms with Crippen LogP contribution in [0.2, 0.25) is 0 Å². The average molecular weight is 545 g/mol. The molecule has 2 aromatic heterocycles. The van der Waals surface area contributed by atoms with E-state index < -0.39 is 6.04 Å². The minimum absolute atomic E-state index is 0.171. The standard InChI is InChI=1S/C33H28N4O2S/c1-4-19-36-22(3)26(25-17-11-12-18-27(25)36)20-28-32(39)37-30(23-13-7-5-8-14-23)29(21(2)34-33(37)40-28)31(38)35-24-15-9-6-10-16-24/h4-18,20,30H,1,19H2,2-3H3,(H,35,38)/b28-20-/t30-/m1/s1. The van der Waals surface area contributed by atoms with Gasteiger partial charge in [-0.25, -0.2) is 4.99 Å². The molecule has 1 atom stereocenters. The van der Waals surface area contributed by atoms with E-state index in [1.54, 1.807) is 4.57 Å². The topological polar surface area (TPSA) is 68.4 Å². The van der Waals surface area contributed by atoms with E-state index in [9.17, 15) is 9.59 Å². The number of para-hydroxylation sites is 2. The number of carbonyl (C=O) groups excluding carboxylic acids is 1. The number of carbonyl (C=O) groups is 1. The van der Waals surface area contributed by atoms with Gasteiger partial charge in [-0.3, -0.25) is 14.2 Å². The smallest absolute Gasteiger partial charge is 0.271 e.